The topological polar surface area (TPSA) is 21.3 Å². The van der Waals surface area contributed by atoms with E-state index in [4.69, 9.17) is 4.74 Å². The zero-order valence-corrected chi connectivity index (χ0v) is 13.1. The van der Waals surface area contributed by atoms with Gasteiger partial charge < -0.3 is 10.1 Å². The summed E-state index contributed by atoms with van der Waals surface area (Å²) in [5, 5.41) is 3.65. The zero-order valence-electron chi connectivity index (χ0n) is 13.1. The van der Waals surface area contributed by atoms with Gasteiger partial charge in [-0.15, -0.1) is 0 Å². The normalized spacial score (nSPS) is 27.7. The van der Waals surface area contributed by atoms with Gasteiger partial charge in [-0.3, -0.25) is 0 Å². The Morgan fingerprint density at radius 1 is 1.33 bits per heavy atom. The van der Waals surface area contributed by atoms with Crippen LogP contribution in [-0.2, 0) is 4.74 Å². The summed E-state index contributed by atoms with van der Waals surface area (Å²) < 4.78 is 6.17. The van der Waals surface area contributed by atoms with E-state index in [1.165, 1.54) is 32.1 Å². The molecule has 0 aromatic rings. The first kappa shape index (κ1) is 16.0. The second-order valence-electron chi connectivity index (χ2n) is 6.86. The fraction of sp³-hybridized carbons (Fsp3) is 1.00. The number of ether oxygens (including phenoxy) is 1. The van der Waals surface area contributed by atoms with Gasteiger partial charge in [-0.25, -0.2) is 0 Å². The molecular formula is C16H33NO. The third kappa shape index (κ3) is 4.89. The number of hydrogen-bond donors (Lipinski definition) is 1. The van der Waals surface area contributed by atoms with Gasteiger partial charge in [-0.1, -0.05) is 41.0 Å². The largest absolute Gasteiger partial charge is 0.377 e. The molecule has 1 fully saturated rings. The third-order valence-corrected chi connectivity index (χ3v) is 4.21. The van der Waals surface area contributed by atoms with Crippen molar-refractivity contribution in [3.05, 3.63) is 0 Å². The van der Waals surface area contributed by atoms with Crippen LogP contribution in [0.5, 0.6) is 0 Å². The Balaban J connectivity index is 2.40. The van der Waals surface area contributed by atoms with Crippen molar-refractivity contribution < 1.29 is 4.74 Å². The van der Waals surface area contributed by atoms with Crippen molar-refractivity contribution in [3.63, 3.8) is 0 Å². The van der Waals surface area contributed by atoms with Crippen molar-refractivity contribution in [2.45, 2.75) is 78.9 Å². The average molecular weight is 255 g/mol. The maximum Gasteiger partial charge on any atom is 0.0733 e. The maximum absolute atomic E-state index is 6.17. The lowest BCUT2D eigenvalue weighted by molar-refractivity contribution is -0.0382. The summed E-state index contributed by atoms with van der Waals surface area (Å²) in [4.78, 5) is 0. The molecule has 1 aliphatic carbocycles. The van der Waals surface area contributed by atoms with E-state index in [0.29, 0.717) is 17.6 Å². The molecule has 1 N–H and O–H groups in total. The molecule has 0 radical (unpaired) electrons. The van der Waals surface area contributed by atoms with Gasteiger partial charge in [0.25, 0.3) is 0 Å². The van der Waals surface area contributed by atoms with Gasteiger partial charge in [0.1, 0.15) is 0 Å². The fourth-order valence-corrected chi connectivity index (χ4v) is 3.12. The van der Waals surface area contributed by atoms with E-state index in [1.54, 1.807) is 0 Å². The molecule has 108 valence electrons. The van der Waals surface area contributed by atoms with Crippen molar-refractivity contribution in [1.82, 2.24) is 5.32 Å². The third-order valence-electron chi connectivity index (χ3n) is 4.21. The van der Waals surface area contributed by atoms with E-state index in [2.05, 4.69) is 39.9 Å². The predicted octanol–water partition coefficient (Wildman–Crippen LogP) is 4.00. The number of likely N-dealkylation sites (N-methyl/N-ethyl adjacent to an activating group) is 1. The van der Waals surface area contributed by atoms with Gasteiger partial charge in [0.2, 0.25) is 0 Å². The van der Waals surface area contributed by atoms with Crippen LogP contribution in [0.4, 0.5) is 0 Å². The van der Waals surface area contributed by atoms with Gasteiger partial charge in [-0.05, 0) is 43.6 Å². The minimum atomic E-state index is 0.372. The summed E-state index contributed by atoms with van der Waals surface area (Å²) in [6.45, 7) is 13.5. The van der Waals surface area contributed by atoms with Gasteiger partial charge in [0.15, 0.2) is 0 Å². The first-order valence-electron chi connectivity index (χ1n) is 7.82. The zero-order chi connectivity index (χ0) is 13.6. The quantitative estimate of drug-likeness (QED) is 0.694. The Labute approximate surface area is 114 Å². The molecule has 2 heteroatoms. The summed E-state index contributed by atoms with van der Waals surface area (Å²) in [5.41, 5.74) is 0.372. The number of hydrogen-bond acceptors (Lipinski definition) is 2. The predicted molar refractivity (Wildman–Crippen MR) is 78.9 cm³/mol. The van der Waals surface area contributed by atoms with Crippen LogP contribution >= 0.6 is 0 Å². The van der Waals surface area contributed by atoms with Crippen LogP contribution in [-0.4, -0.2) is 25.3 Å². The molecule has 0 bridgehead atoms. The summed E-state index contributed by atoms with van der Waals surface area (Å²) in [6.07, 6.45) is 6.75. The van der Waals surface area contributed by atoms with Crippen LogP contribution in [0.15, 0.2) is 0 Å². The fourth-order valence-electron chi connectivity index (χ4n) is 3.12. The van der Waals surface area contributed by atoms with Crippen LogP contribution in [0.25, 0.3) is 0 Å². The van der Waals surface area contributed by atoms with Crippen molar-refractivity contribution in [1.29, 1.82) is 0 Å². The minimum Gasteiger partial charge on any atom is -0.377 e. The first-order valence-corrected chi connectivity index (χ1v) is 7.82. The van der Waals surface area contributed by atoms with E-state index in [-0.39, 0.29) is 0 Å². The highest BCUT2D eigenvalue weighted by Crippen LogP contribution is 2.37. The second-order valence-corrected chi connectivity index (χ2v) is 6.86. The van der Waals surface area contributed by atoms with E-state index in [1.807, 2.05) is 0 Å². The number of rotatable bonds is 7. The van der Waals surface area contributed by atoms with Crippen LogP contribution in [0.3, 0.4) is 0 Å². The Bertz CT molecular complexity index is 225. The highest BCUT2D eigenvalue weighted by Gasteiger charge is 2.38. The molecule has 0 aliphatic heterocycles. The molecule has 0 heterocycles. The van der Waals surface area contributed by atoms with E-state index < -0.39 is 0 Å². The molecule has 1 rings (SSSR count). The molecule has 0 aromatic heterocycles. The van der Waals surface area contributed by atoms with Crippen LogP contribution in [0, 0.1) is 11.3 Å². The number of nitrogens with one attached hydrogen (secondary N) is 1. The molecule has 2 atom stereocenters. The molecule has 0 aromatic carbocycles. The second kappa shape index (κ2) is 7.49. The molecule has 2 unspecified atom stereocenters. The molecule has 1 saturated carbocycles. The standard InChI is InChI=1S/C16H33NO/c1-6-17-15-14(10-7-11-16(15,4)5)18-12-8-9-13(2)3/h13-15,17H,6-12H2,1-5H3. The van der Waals surface area contributed by atoms with Gasteiger partial charge in [-0.2, -0.15) is 0 Å². The molecule has 18 heavy (non-hydrogen) atoms. The van der Waals surface area contributed by atoms with Crippen LogP contribution in [0.2, 0.25) is 0 Å². The van der Waals surface area contributed by atoms with E-state index in [9.17, 15) is 0 Å². The lowest BCUT2D eigenvalue weighted by Gasteiger charge is -2.44. The molecule has 0 spiro atoms. The van der Waals surface area contributed by atoms with Crippen molar-refractivity contribution in [2.75, 3.05) is 13.2 Å². The SMILES string of the molecule is CCNC1C(OCCCC(C)C)CCCC1(C)C. The highest BCUT2D eigenvalue weighted by molar-refractivity contribution is 4.94. The molecular weight excluding hydrogens is 222 g/mol. The summed E-state index contributed by atoms with van der Waals surface area (Å²) >= 11 is 0. The Kier molecular flexibility index (Phi) is 6.65. The first-order chi connectivity index (χ1) is 8.47. The summed E-state index contributed by atoms with van der Waals surface area (Å²) in [6, 6.07) is 0.523. The Morgan fingerprint density at radius 2 is 2.06 bits per heavy atom. The van der Waals surface area contributed by atoms with Gasteiger partial charge in [0, 0.05) is 12.6 Å². The maximum atomic E-state index is 6.17. The molecule has 0 saturated heterocycles. The minimum absolute atomic E-state index is 0.372. The summed E-state index contributed by atoms with van der Waals surface area (Å²) in [5.74, 6) is 0.793. The van der Waals surface area contributed by atoms with Crippen molar-refractivity contribution >= 4 is 0 Å². The molecule has 0 amide bonds. The average Bonchev–Trinajstić information content (AvgIpc) is 2.28. The molecule has 2 nitrogen and oxygen atoms in total. The van der Waals surface area contributed by atoms with Gasteiger partial charge >= 0.3 is 0 Å². The molecule has 1 aliphatic rings. The summed E-state index contributed by atoms with van der Waals surface area (Å²) in [7, 11) is 0. The van der Waals surface area contributed by atoms with Crippen molar-refractivity contribution in [3.8, 4) is 0 Å². The monoisotopic (exact) mass is 255 g/mol. The Hall–Kier alpha value is -0.0800. The lowest BCUT2D eigenvalue weighted by Crippen LogP contribution is -2.53. The van der Waals surface area contributed by atoms with E-state index in [0.717, 1.165) is 19.1 Å². The highest BCUT2D eigenvalue weighted by atomic mass is 16.5. The van der Waals surface area contributed by atoms with Gasteiger partial charge in [0.05, 0.1) is 6.10 Å². The Morgan fingerprint density at radius 3 is 2.67 bits per heavy atom. The van der Waals surface area contributed by atoms with Crippen molar-refractivity contribution in [2.24, 2.45) is 11.3 Å². The lowest BCUT2D eigenvalue weighted by atomic mass is 9.71. The smallest absolute Gasteiger partial charge is 0.0733 e. The van der Waals surface area contributed by atoms with Crippen LogP contribution < -0.4 is 5.32 Å². The van der Waals surface area contributed by atoms with E-state index >= 15 is 0 Å². The van der Waals surface area contributed by atoms with Crippen LogP contribution in [0.1, 0.15) is 66.7 Å².